The Labute approximate surface area is 337 Å². The summed E-state index contributed by atoms with van der Waals surface area (Å²) in [7, 11) is 0. The highest BCUT2D eigenvalue weighted by Gasteiger charge is 2.58. The van der Waals surface area contributed by atoms with Gasteiger partial charge in [0, 0.05) is 54.2 Å². The second kappa shape index (κ2) is 15.7. The highest BCUT2D eigenvalue weighted by Crippen LogP contribution is 2.63. The van der Waals surface area contributed by atoms with Gasteiger partial charge in [0.25, 0.3) is 0 Å². The van der Waals surface area contributed by atoms with Gasteiger partial charge >= 0.3 is 5.97 Å². The van der Waals surface area contributed by atoms with E-state index in [1.165, 1.54) is 25.7 Å². The van der Waals surface area contributed by atoms with Crippen LogP contribution in [0.2, 0.25) is 0 Å². The zero-order chi connectivity index (χ0) is 39.1. The van der Waals surface area contributed by atoms with E-state index >= 15 is 0 Å². The van der Waals surface area contributed by atoms with Gasteiger partial charge in [-0.25, -0.2) is 14.8 Å². The summed E-state index contributed by atoms with van der Waals surface area (Å²) in [6, 6.07) is 11.8. The Morgan fingerprint density at radius 3 is 2.79 bits per heavy atom. The van der Waals surface area contributed by atoms with E-state index in [2.05, 4.69) is 38.5 Å². The number of aromatic nitrogens is 6. The van der Waals surface area contributed by atoms with Crippen molar-refractivity contribution < 1.29 is 19.7 Å². The van der Waals surface area contributed by atoms with E-state index in [0.717, 1.165) is 102 Å². The Bertz CT molecular complexity index is 2240. The van der Waals surface area contributed by atoms with Gasteiger partial charge in [-0.1, -0.05) is 29.9 Å². The highest BCUT2D eigenvalue weighted by atomic mass is 32.1. The van der Waals surface area contributed by atoms with Crippen molar-refractivity contribution in [2.24, 2.45) is 17.3 Å². The van der Waals surface area contributed by atoms with Crippen LogP contribution >= 0.6 is 11.3 Å². The first-order valence-corrected chi connectivity index (χ1v) is 21.6. The van der Waals surface area contributed by atoms with Gasteiger partial charge in [-0.05, 0) is 126 Å². The van der Waals surface area contributed by atoms with Crippen molar-refractivity contribution in [3.63, 3.8) is 0 Å². The van der Waals surface area contributed by atoms with Crippen LogP contribution in [0.1, 0.15) is 91.5 Å². The smallest absolute Gasteiger partial charge is 0.355 e. The Hall–Kier alpha value is -4.50. The first-order valence-electron chi connectivity index (χ1n) is 20.7. The molecule has 0 spiro atoms. The largest absolute Gasteiger partial charge is 0.476 e. The van der Waals surface area contributed by atoms with Crippen LogP contribution in [-0.2, 0) is 17.7 Å². The molecule has 4 N–H and O–H groups in total. The van der Waals surface area contributed by atoms with Crippen LogP contribution in [-0.4, -0.2) is 84.6 Å². The average Bonchev–Trinajstić information content (AvgIpc) is 3.79. The van der Waals surface area contributed by atoms with Crippen LogP contribution < -0.4 is 15.5 Å². The number of fused-ring (bicyclic) bond motifs is 4. The molecule has 3 fully saturated rings. The molecule has 4 unspecified atom stereocenters. The summed E-state index contributed by atoms with van der Waals surface area (Å²) in [4.78, 5) is 24.4. The fourth-order valence-corrected chi connectivity index (χ4v) is 11.5. The summed E-state index contributed by atoms with van der Waals surface area (Å²) in [5.74, 6) is 2.14. The molecule has 1 aliphatic heterocycles. The number of carbonyl (C=O) groups is 1. The lowest BCUT2D eigenvalue weighted by molar-refractivity contribution is -0.188. The van der Waals surface area contributed by atoms with Gasteiger partial charge in [-0.15, -0.1) is 10.2 Å². The molecule has 3 bridgehead atoms. The quantitative estimate of drug-likeness (QED) is 0.0770. The van der Waals surface area contributed by atoms with E-state index in [0.29, 0.717) is 48.0 Å². The molecule has 13 nitrogen and oxygen atoms in total. The van der Waals surface area contributed by atoms with Crippen LogP contribution in [0.5, 0.6) is 0 Å². The third-order valence-corrected chi connectivity index (χ3v) is 14.3. The minimum absolute atomic E-state index is 0.00557. The molecule has 1 aromatic carbocycles. The maximum Gasteiger partial charge on any atom is 0.355 e. The lowest BCUT2D eigenvalue weighted by Crippen LogP contribution is -2.57. The molecule has 0 amide bonds. The number of benzene rings is 1. The molecular formula is C43H53N9O4S. The summed E-state index contributed by atoms with van der Waals surface area (Å²) in [6.07, 6.45) is 13.6. The molecule has 0 saturated heterocycles. The molecule has 5 heterocycles. The fourth-order valence-electron chi connectivity index (χ4n) is 10.7. The molecule has 57 heavy (non-hydrogen) atoms. The predicted molar refractivity (Wildman–Crippen MR) is 222 cm³/mol. The number of aromatic carboxylic acids is 1. The summed E-state index contributed by atoms with van der Waals surface area (Å²) in [6.45, 7) is 8.26. The summed E-state index contributed by atoms with van der Waals surface area (Å²) >= 11 is 1.58. The lowest BCUT2D eigenvalue weighted by atomic mass is 9.48. The summed E-state index contributed by atoms with van der Waals surface area (Å²) in [5.41, 5.74) is 5.37. The van der Waals surface area contributed by atoms with Crippen molar-refractivity contribution in [2.75, 3.05) is 43.1 Å². The van der Waals surface area contributed by atoms with Crippen LogP contribution in [0.15, 0.2) is 42.6 Å². The number of rotatable bonds is 15. The number of aliphatic hydroxyl groups is 1. The molecular weight excluding hydrogens is 739 g/mol. The topological polar surface area (TPSA) is 163 Å². The second-order valence-electron chi connectivity index (χ2n) is 16.9. The molecule has 4 aromatic heterocycles. The molecule has 4 aliphatic rings. The van der Waals surface area contributed by atoms with Crippen molar-refractivity contribution in [1.29, 1.82) is 0 Å². The zero-order valence-electron chi connectivity index (χ0n) is 33.0. The van der Waals surface area contributed by atoms with Gasteiger partial charge in [0.1, 0.15) is 5.82 Å². The Balaban J connectivity index is 0.940. The normalized spacial score (nSPS) is 23.9. The Morgan fingerprint density at radius 1 is 1.04 bits per heavy atom. The standard InChI is InChI=1S/C43H53N9O4S/c1-27-31-8-7-19-51(39(31)50-49-38(27)48-41-46-34-9-3-4-10-35(34)57-41)36-14-13-32(37(47-36)40(54)55)33-24-45-52(28(33)2)26-42-22-29-11-12-30(42)15-16-43(23-29,25-42)56-21-18-44-17-5-6-20-53/h3-4,9-10,13-14,24,29-30,44,53H,5-8,11-12,15-23,25-26H2,1-2H3,(H,54,55)(H,46,48,49). The minimum atomic E-state index is -1.07. The van der Waals surface area contributed by atoms with Gasteiger partial charge in [0.15, 0.2) is 22.5 Å². The van der Waals surface area contributed by atoms with Crippen LogP contribution in [0.25, 0.3) is 21.3 Å². The summed E-state index contributed by atoms with van der Waals surface area (Å²) in [5, 5.41) is 41.5. The third-order valence-electron chi connectivity index (χ3n) is 13.3. The number of thiazole rings is 1. The number of aliphatic hydroxyl groups excluding tert-OH is 1. The number of carboxylic acid groups (broad SMARTS) is 1. The number of pyridine rings is 1. The zero-order valence-corrected chi connectivity index (χ0v) is 33.8. The van der Waals surface area contributed by atoms with E-state index < -0.39 is 5.97 Å². The summed E-state index contributed by atoms with van der Waals surface area (Å²) < 4.78 is 10.0. The minimum Gasteiger partial charge on any atom is -0.476 e. The molecule has 5 aromatic rings. The Morgan fingerprint density at radius 2 is 1.93 bits per heavy atom. The van der Waals surface area contributed by atoms with E-state index in [9.17, 15) is 9.90 Å². The SMILES string of the molecule is Cc1c(Nc2nc3ccccc3s2)nnc2c1CCCN2c1ccc(-c2cnn(CC34CC5CCC3CCC(OCCNCCCCO)(C5)C4)c2C)c(C(=O)O)n1. The maximum atomic E-state index is 12.9. The van der Waals surface area contributed by atoms with Gasteiger partial charge in [-0.3, -0.25) is 4.68 Å². The molecule has 9 rings (SSSR count). The average molecular weight is 792 g/mol. The first kappa shape index (κ1) is 38.0. The van der Waals surface area contributed by atoms with Gasteiger partial charge in [0.05, 0.1) is 28.6 Å². The van der Waals surface area contributed by atoms with Crippen molar-refractivity contribution in [3.8, 4) is 11.1 Å². The Kier molecular flexibility index (Phi) is 10.5. The maximum absolute atomic E-state index is 12.9. The third kappa shape index (κ3) is 7.30. The highest BCUT2D eigenvalue weighted by molar-refractivity contribution is 7.22. The number of anilines is 4. The van der Waals surface area contributed by atoms with Crippen molar-refractivity contribution in [2.45, 2.75) is 96.6 Å². The number of para-hydroxylation sites is 1. The van der Waals surface area contributed by atoms with Crippen molar-refractivity contribution in [3.05, 3.63) is 65.1 Å². The number of unbranched alkanes of at least 4 members (excludes halogenated alkanes) is 1. The number of carboxylic acids is 1. The van der Waals surface area contributed by atoms with E-state index in [-0.39, 0.29) is 23.3 Å². The first-order chi connectivity index (χ1) is 27.7. The lowest BCUT2D eigenvalue weighted by Gasteiger charge is -2.61. The van der Waals surface area contributed by atoms with Crippen LogP contribution in [0.4, 0.5) is 22.6 Å². The molecule has 300 valence electrons. The van der Waals surface area contributed by atoms with E-state index in [1.807, 2.05) is 48.4 Å². The van der Waals surface area contributed by atoms with Crippen LogP contribution in [0.3, 0.4) is 0 Å². The van der Waals surface area contributed by atoms with Crippen molar-refractivity contribution >= 4 is 50.1 Å². The number of hydrogen-bond acceptors (Lipinski definition) is 12. The van der Waals surface area contributed by atoms with Crippen molar-refractivity contribution in [1.82, 2.24) is 35.3 Å². The number of ether oxygens (including phenoxy) is 1. The number of hydrogen-bond donors (Lipinski definition) is 4. The molecule has 14 heteroatoms. The number of nitrogens with one attached hydrogen (secondary N) is 2. The second-order valence-corrected chi connectivity index (χ2v) is 17.9. The fraction of sp³-hybridized carbons (Fsp3) is 0.535. The van der Waals surface area contributed by atoms with Gasteiger partial charge < -0.3 is 30.5 Å². The monoisotopic (exact) mass is 791 g/mol. The van der Waals surface area contributed by atoms with Crippen LogP contribution in [0, 0.1) is 31.1 Å². The molecule has 0 radical (unpaired) electrons. The van der Waals surface area contributed by atoms with Gasteiger partial charge in [0.2, 0.25) is 0 Å². The molecule has 3 aliphatic carbocycles. The molecule has 3 saturated carbocycles. The molecule has 4 atom stereocenters. The van der Waals surface area contributed by atoms with E-state index in [1.54, 1.807) is 11.3 Å². The predicted octanol–water partition coefficient (Wildman–Crippen LogP) is 7.60. The van der Waals surface area contributed by atoms with Gasteiger partial charge in [-0.2, -0.15) is 5.10 Å². The number of nitrogens with zero attached hydrogens (tertiary/aromatic N) is 7. The van der Waals surface area contributed by atoms with E-state index in [4.69, 9.17) is 24.9 Å².